The lowest BCUT2D eigenvalue weighted by atomic mass is 10.1. The third kappa shape index (κ3) is 3.09. The van der Waals surface area contributed by atoms with Gasteiger partial charge >= 0.3 is 5.69 Å². The second-order valence-corrected chi connectivity index (χ2v) is 4.50. The third-order valence-electron chi connectivity index (χ3n) is 2.93. The first kappa shape index (κ1) is 13.9. The number of rotatable bonds is 4. The molecule has 5 nitrogen and oxygen atoms in total. The van der Waals surface area contributed by atoms with E-state index in [9.17, 15) is 14.5 Å². The first-order chi connectivity index (χ1) is 9.47. The fourth-order valence-electron chi connectivity index (χ4n) is 1.84. The summed E-state index contributed by atoms with van der Waals surface area (Å²) in [6, 6.07) is 8.76. The molecule has 0 fully saturated rings. The highest BCUT2D eigenvalue weighted by molar-refractivity contribution is 5.57. The van der Waals surface area contributed by atoms with Crippen molar-refractivity contribution in [2.24, 2.45) is 0 Å². The number of hydrogen-bond acceptors (Lipinski definition) is 4. The molecule has 2 rings (SSSR count). The van der Waals surface area contributed by atoms with E-state index in [2.05, 4.69) is 10.3 Å². The Morgan fingerprint density at radius 3 is 2.50 bits per heavy atom. The summed E-state index contributed by atoms with van der Waals surface area (Å²) in [5.74, 6) is -0.104. The van der Waals surface area contributed by atoms with Crippen molar-refractivity contribution in [1.82, 2.24) is 4.98 Å². The van der Waals surface area contributed by atoms with E-state index >= 15 is 0 Å². The Hall–Kier alpha value is -2.50. The van der Waals surface area contributed by atoms with E-state index in [4.69, 9.17) is 0 Å². The minimum absolute atomic E-state index is 0.0791. The van der Waals surface area contributed by atoms with E-state index in [1.54, 1.807) is 25.1 Å². The normalized spacial score (nSPS) is 11.9. The zero-order valence-corrected chi connectivity index (χ0v) is 11.1. The number of aromatic nitrogens is 1. The van der Waals surface area contributed by atoms with Crippen LogP contribution in [-0.4, -0.2) is 9.91 Å². The first-order valence-corrected chi connectivity index (χ1v) is 6.11. The van der Waals surface area contributed by atoms with Crippen LogP contribution in [0.2, 0.25) is 0 Å². The topological polar surface area (TPSA) is 68.1 Å². The summed E-state index contributed by atoms with van der Waals surface area (Å²) in [6.45, 7) is 3.60. The molecule has 1 heterocycles. The van der Waals surface area contributed by atoms with Gasteiger partial charge < -0.3 is 5.32 Å². The van der Waals surface area contributed by atoms with Crippen LogP contribution < -0.4 is 5.32 Å². The average Bonchev–Trinajstić information content (AvgIpc) is 2.39. The van der Waals surface area contributed by atoms with Gasteiger partial charge in [0.15, 0.2) is 0 Å². The van der Waals surface area contributed by atoms with Gasteiger partial charge in [-0.05, 0) is 37.6 Å². The molecular weight excluding hydrogens is 261 g/mol. The predicted octanol–water partition coefficient (Wildman–Crippen LogP) is 3.61. The molecule has 0 aliphatic heterocycles. The van der Waals surface area contributed by atoms with Crippen LogP contribution in [0, 0.1) is 22.9 Å². The van der Waals surface area contributed by atoms with Crippen LogP contribution in [0.15, 0.2) is 36.4 Å². The highest BCUT2D eigenvalue weighted by atomic mass is 19.1. The highest BCUT2D eigenvalue weighted by Crippen LogP contribution is 2.26. The smallest absolute Gasteiger partial charge is 0.311 e. The van der Waals surface area contributed by atoms with Crippen molar-refractivity contribution in [3.8, 4) is 0 Å². The lowest BCUT2D eigenvalue weighted by Gasteiger charge is -2.15. The van der Waals surface area contributed by atoms with Crippen LogP contribution in [0.5, 0.6) is 0 Å². The Bertz CT molecular complexity index is 629. The number of nitro groups is 1. The number of aryl methyl sites for hydroxylation is 1. The highest BCUT2D eigenvalue weighted by Gasteiger charge is 2.17. The molecule has 1 aromatic carbocycles. The van der Waals surface area contributed by atoms with Crippen molar-refractivity contribution in [2.45, 2.75) is 19.9 Å². The second-order valence-electron chi connectivity index (χ2n) is 4.50. The van der Waals surface area contributed by atoms with E-state index in [-0.39, 0.29) is 23.4 Å². The van der Waals surface area contributed by atoms with Gasteiger partial charge in [0.05, 0.1) is 11.0 Å². The molecule has 1 unspecified atom stereocenters. The van der Waals surface area contributed by atoms with Gasteiger partial charge in [-0.1, -0.05) is 12.1 Å². The maximum atomic E-state index is 12.9. The van der Waals surface area contributed by atoms with Gasteiger partial charge in [0, 0.05) is 11.8 Å². The Kier molecular flexibility index (Phi) is 3.93. The SMILES string of the molecule is Cc1ccc([N+](=O)[O-])c(NC(C)c2ccc(F)cc2)n1. The Labute approximate surface area is 115 Å². The number of hydrogen-bond donors (Lipinski definition) is 1. The summed E-state index contributed by atoms with van der Waals surface area (Å²) in [7, 11) is 0. The summed E-state index contributed by atoms with van der Waals surface area (Å²) in [6.07, 6.45) is 0. The lowest BCUT2D eigenvalue weighted by Crippen LogP contribution is -2.10. The van der Waals surface area contributed by atoms with Crippen molar-refractivity contribution in [1.29, 1.82) is 0 Å². The number of nitrogens with zero attached hydrogens (tertiary/aromatic N) is 2. The maximum Gasteiger partial charge on any atom is 0.311 e. The van der Waals surface area contributed by atoms with E-state index in [0.717, 1.165) is 5.56 Å². The van der Waals surface area contributed by atoms with Crippen molar-refractivity contribution < 1.29 is 9.31 Å². The Balaban J connectivity index is 2.27. The molecule has 20 heavy (non-hydrogen) atoms. The van der Waals surface area contributed by atoms with Crippen molar-refractivity contribution in [3.05, 3.63) is 63.6 Å². The first-order valence-electron chi connectivity index (χ1n) is 6.11. The zero-order valence-electron chi connectivity index (χ0n) is 11.1. The standard InChI is InChI=1S/C14H14FN3O2/c1-9-3-8-13(18(19)20)14(16-9)17-10(2)11-4-6-12(15)7-5-11/h3-8,10H,1-2H3,(H,16,17). The number of benzene rings is 1. The maximum absolute atomic E-state index is 12.9. The third-order valence-corrected chi connectivity index (χ3v) is 2.93. The molecule has 1 aromatic heterocycles. The fraction of sp³-hybridized carbons (Fsp3) is 0.214. The molecule has 6 heteroatoms. The van der Waals surface area contributed by atoms with Gasteiger partial charge in [-0.3, -0.25) is 10.1 Å². The molecule has 0 bridgehead atoms. The van der Waals surface area contributed by atoms with Crippen LogP contribution in [0.1, 0.15) is 24.2 Å². The average molecular weight is 275 g/mol. The van der Waals surface area contributed by atoms with E-state index < -0.39 is 4.92 Å². The van der Waals surface area contributed by atoms with Crippen molar-refractivity contribution in [2.75, 3.05) is 5.32 Å². The summed E-state index contributed by atoms with van der Waals surface area (Å²) < 4.78 is 12.9. The molecule has 104 valence electrons. The minimum atomic E-state index is -0.480. The Morgan fingerprint density at radius 2 is 1.90 bits per heavy atom. The molecule has 0 amide bonds. The van der Waals surface area contributed by atoms with Crippen molar-refractivity contribution in [3.63, 3.8) is 0 Å². The molecule has 0 aliphatic rings. The number of anilines is 1. The van der Waals surface area contributed by atoms with Crippen LogP contribution >= 0.6 is 0 Å². The molecule has 0 saturated heterocycles. The molecule has 1 N–H and O–H groups in total. The lowest BCUT2D eigenvalue weighted by molar-refractivity contribution is -0.384. The van der Waals surface area contributed by atoms with Crippen LogP contribution in [-0.2, 0) is 0 Å². The number of nitrogens with one attached hydrogen (secondary N) is 1. The minimum Gasteiger partial charge on any atom is -0.358 e. The number of halogens is 1. The zero-order chi connectivity index (χ0) is 14.7. The molecule has 0 radical (unpaired) electrons. The van der Waals surface area contributed by atoms with E-state index in [1.807, 2.05) is 6.92 Å². The summed E-state index contributed by atoms with van der Waals surface area (Å²) in [5, 5.41) is 14.0. The van der Waals surface area contributed by atoms with Gasteiger partial charge in [-0.15, -0.1) is 0 Å². The van der Waals surface area contributed by atoms with E-state index in [1.165, 1.54) is 18.2 Å². The second kappa shape index (κ2) is 5.64. The monoisotopic (exact) mass is 275 g/mol. The molecule has 0 spiro atoms. The molecule has 0 saturated carbocycles. The van der Waals surface area contributed by atoms with E-state index in [0.29, 0.717) is 5.69 Å². The fourth-order valence-corrected chi connectivity index (χ4v) is 1.84. The van der Waals surface area contributed by atoms with Gasteiger partial charge in [-0.25, -0.2) is 9.37 Å². The largest absolute Gasteiger partial charge is 0.358 e. The Morgan fingerprint density at radius 1 is 1.25 bits per heavy atom. The quantitative estimate of drug-likeness (QED) is 0.683. The summed E-state index contributed by atoms with van der Waals surface area (Å²) in [5.41, 5.74) is 1.43. The van der Waals surface area contributed by atoms with Gasteiger partial charge in [0.25, 0.3) is 0 Å². The van der Waals surface area contributed by atoms with Crippen molar-refractivity contribution >= 4 is 11.5 Å². The van der Waals surface area contributed by atoms with Gasteiger partial charge in [-0.2, -0.15) is 0 Å². The molecule has 1 atom stereocenters. The van der Waals surface area contributed by atoms with Crippen LogP contribution in [0.3, 0.4) is 0 Å². The van der Waals surface area contributed by atoms with Gasteiger partial charge in [0.1, 0.15) is 5.82 Å². The summed E-state index contributed by atoms with van der Waals surface area (Å²) in [4.78, 5) is 14.6. The molecular formula is C14H14FN3O2. The van der Waals surface area contributed by atoms with Gasteiger partial charge in [0.2, 0.25) is 5.82 Å². The summed E-state index contributed by atoms with van der Waals surface area (Å²) >= 11 is 0. The van der Waals surface area contributed by atoms with Crippen LogP contribution in [0.4, 0.5) is 15.9 Å². The van der Waals surface area contributed by atoms with Crippen LogP contribution in [0.25, 0.3) is 0 Å². The molecule has 0 aliphatic carbocycles. The predicted molar refractivity (Wildman–Crippen MR) is 74.1 cm³/mol. The molecule has 2 aromatic rings. The number of pyridine rings is 1.